The topological polar surface area (TPSA) is 64.3 Å². The van der Waals surface area contributed by atoms with Crippen LogP contribution in [0.25, 0.3) is 0 Å². The van der Waals surface area contributed by atoms with Crippen molar-refractivity contribution in [3.63, 3.8) is 0 Å². The quantitative estimate of drug-likeness (QED) is 0.735. The van der Waals surface area contributed by atoms with Crippen molar-refractivity contribution >= 4 is 5.91 Å². The Hall–Kier alpha value is -1.55. The molecule has 0 aliphatic rings. The number of ether oxygens (including phenoxy) is 1. The summed E-state index contributed by atoms with van der Waals surface area (Å²) in [6.45, 7) is 8.74. The Bertz CT molecular complexity index is 462. The number of nitrogens with two attached hydrogens (primary N) is 1. The Morgan fingerprint density at radius 2 is 2.14 bits per heavy atom. The van der Waals surface area contributed by atoms with Crippen LogP contribution in [0, 0.1) is 0 Å². The van der Waals surface area contributed by atoms with Gasteiger partial charge in [0.25, 0.3) is 0 Å². The Balaban J connectivity index is 2.68. The molecule has 1 amide bonds. The third kappa shape index (κ3) is 5.38. The molecule has 3 N–H and O–H groups in total. The van der Waals surface area contributed by atoms with Crippen LogP contribution in [0.1, 0.15) is 46.1 Å². The number of amides is 1. The third-order valence-corrected chi connectivity index (χ3v) is 3.65. The van der Waals surface area contributed by atoms with Gasteiger partial charge in [0.15, 0.2) is 0 Å². The summed E-state index contributed by atoms with van der Waals surface area (Å²) in [6.07, 6.45) is 2.37. The van der Waals surface area contributed by atoms with Gasteiger partial charge in [0.2, 0.25) is 5.91 Å². The van der Waals surface area contributed by atoms with E-state index in [0.29, 0.717) is 6.42 Å². The second kappa shape index (κ2) is 8.03. The minimum Gasteiger partial charge on any atom is -0.491 e. The van der Waals surface area contributed by atoms with E-state index in [4.69, 9.17) is 10.5 Å². The van der Waals surface area contributed by atoms with Crippen molar-refractivity contribution in [2.45, 2.75) is 58.6 Å². The SMILES string of the molecule is CCCNC(C)(CC(C)Oc1cccc(CC)c1)C(N)=O. The van der Waals surface area contributed by atoms with Crippen LogP contribution in [-0.2, 0) is 11.2 Å². The molecule has 4 heteroatoms. The van der Waals surface area contributed by atoms with Crippen molar-refractivity contribution in [1.82, 2.24) is 5.32 Å². The Kier molecular flexibility index (Phi) is 6.69. The predicted octanol–water partition coefficient (Wildman–Crippen LogP) is 2.65. The summed E-state index contributed by atoms with van der Waals surface area (Å²) in [5.74, 6) is 0.498. The van der Waals surface area contributed by atoms with Crippen LogP contribution in [0.4, 0.5) is 0 Å². The molecule has 1 aromatic carbocycles. The van der Waals surface area contributed by atoms with Crippen molar-refractivity contribution in [3.05, 3.63) is 29.8 Å². The van der Waals surface area contributed by atoms with E-state index in [1.165, 1.54) is 5.56 Å². The van der Waals surface area contributed by atoms with E-state index in [-0.39, 0.29) is 12.0 Å². The number of carbonyl (C=O) groups excluding carboxylic acids is 1. The fraction of sp³-hybridized carbons (Fsp3) is 0.588. The maximum absolute atomic E-state index is 11.7. The molecular weight excluding hydrogens is 264 g/mol. The highest BCUT2D eigenvalue weighted by atomic mass is 16.5. The zero-order valence-corrected chi connectivity index (χ0v) is 13.6. The molecular formula is C17H28N2O2. The molecule has 0 radical (unpaired) electrons. The summed E-state index contributed by atoms with van der Waals surface area (Å²) >= 11 is 0. The average molecular weight is 292 g/mol. The summed E-state index contributed by atoms with van der Waals surface area (Å²) in [7, 11) is 0. The van der Waals surface area contributed by atoms with E-state index in [0.717, 1.165) is 25.1 Å². The lowest BCUT2D eigenvalue weighted by Crippen LogP contribution is -2.55. The lowest BCUT2D eigenvalue weighted by Gasteiger charge is -2.30. The molecule has 0 saturated carbocycles. The van der Waals surface area contributed by atoms with E-state index in [9.17, 15) is 4.79 Å². The minimum atomic E-state index is -0.738. The van der Waals surface area contributed by atoms with Crippen LogP contribution in [0.3, 0.4) is 0 Å². The van der Waals surface area contributed by atoms with Crippen molar-refractivity contribution in [2.75, 3.05) is 6.54 Å². The molecule has 2 atom stereocenters. The van der Waals surface area contributed by atoms with Crippen LogP contribution in [0.5, 0.6) is 5.75 Å². The smallest absolute Gasteiger partial charge is 0.237 e. The summed E-state index contributed by atoms with van der Waals surface area (Å²) in [4.78, 5) is 11.7. The van der Waals surface area contributed by atoms with Gasteiger partial charge in [-0.15, -0.1) is 0 Å². The highest BCUT2D eigenvalue weighted by Gasteiger charge is 2.32. The lowest BCUT2D eigenvalue weighted by atomic mass is 9.93. The van der Waals surface area contributed by atoms with E-state index < -0.39 is 5.54 Å². The van der Waals surface area contributed by atoms with Crippen LogP contribution in [0.2, 0.25) is 0 Å². The van der Waals surface area contributed by atoms with Gasteiger partial charge in [-0.25, -0.2) is 0 Å². The van der Waals surface area contributed by atoms with E-state index in [1.807, 2.05) is 32.0 Å². The Morgan fingerprint density at radius 1 is 1.43 bits per heavy atom. The summed E-state index contributed by atoms with van der Waals surface area (Å²) in [6, 6.07) is 8.05. The minimum absolute atomic E-state index is 0.0982. The maximum atomic E-state index is 11.7. The van der Waals surface area contributed by atoms with Crippen LogP contribution >= 0.6 is 0 Å². The first-order valence-electron chi connectivity index (χ1n) is 7.71. The van der Waals surface area contributed by atoms with Crippen molar-refractivity contribution in [1.29, 1.82) is 0 Å². The molecule has 1 rings (SSSR count). The number of primary amides is 1. The highest BCUT2D eigenvalue weighted by molar-refractivity contribution is 5.84. The number of nitrogens with one attached hydrogen (secondary N) is 1. The number of carbonyl (C=O) groups is 1. The number of hydrogen-bond donors (Lipinski definition) is 2. The molecule has 1 aromatic rings. The van der Waals surface area contributed by atoms with Gasteiger partial charge in [0, 0.05) is 6.42 Å². The van der Waals surface area contributed by atoms with Gasteiger partial charge in [-0.2, -0.15) is 0 Å². The molecule has 0 heterocycles. The van der Waals surface area contributed by atoms with Gasteiger partial charge in [-0.1, -0.05) is 26.0 Å². The molecule has 0 aliphatic carbocycles. The molecule has 0 aromatic heterocycles. The fourth-order valence-electron chi connectivity index (χ4n) is 2.35. The van der Waals surface area contributed by atoms with Gasteiger partial charge >= 0.3 is 0 Å². The first-order valence-corrected chi connectivity index (χ1v) is 7.71. The highest BCUT2D eigenvalue weighted by Crippen LogP contribution is 2.20. The molecule has 0 bridgehead atoms. The molecule has 118 valence electrons. The Labute approximate surface area is 128 Å². The number of rotatable bonds is 9. The average Bonchev–Trinajstić information content (AvgIpc) is 2.45. The molecule has 0 saturated heterocycles. The monoisotopic (exact) mass is 292 g/mol. The standard InChI is InChI=1S/C17H28N2O2/c1-5-10-19-17(4,16(18)20)12-13(3)21-15-9-7-8-14(6-2)11-15/h7-9,11,13,19H,5-6,10,12H2,1-4H3,(H2,18,20). The number of aryl methyl sites for hydroxylation is 1. The molecule has 0 fully saturated rings. The second-order valence-corrected chi connectivity index (χ2v) is 5.76. The van der Waals surface area contributed by atoms with Gasteiger partial charge < -0.3 is 15.8 Å². The zero-order valence-electron chi connectivity index (χ0n) is 13.6. The molecule has 0 spiro atoms. The summed E-state index contributed by atoms with van der Waals surface area (Å²) in [5.41, 5.74) is 6.04. The third-order valence-electron chi connectivity index (χ3n) is 3.65. The van der Waals surface area contributed by atoms with E-state index in [2.05, 4.69) is 25.2 Å². The zero-order chi connectivity index (χ0) is 15.9. The van der Waals surface area contributed by atoms with Crippen molar-refractivity contribution < 1.29 is 9.53 Å². The fourth-order valence-corrected chi connectivity index (χ4v) is 2.35. The lowest BCUT2D eigenvalue weighted by molar-refractivity contribution is -0.124. The largest absolute Gasteiger partial charge is 0.491 e. The summed E-state index contributed by atoms with van der Waals surface area (Å²) in [5, 5.41) is 3.23. The molecule has 4 nitrogen and oxygen atoms in total. The van der Waals surface area contributed by atoms with E-state index in [1.54, 1.807) is 0 Å². The van der Waals surface area contributed by atoms with Gasteiger partial charge in [-0.05, 0) is 50.9 Å². The molecule has 21 heavy (non-hydrogen) atoms. The summed E-state index contributed by atoms with van der Waals surface area (Å²) < 4.78 is 5.93. The first kappa shape index (κ1) is 17.5. The van der Waals surface area contributed by atoms with E-state index >= 15 is 0 Å². The van der Waals surface area contributed by atoms with Gasteiger partial charge in [-0.3, -0.25) is 4.79 Å². The van der Waals surface area contributed by atoms with Gasteiger partial charge in [0.1, 0.15) is 5.75 Å². The van der Waals surface area contributed by atoms with Crippen LogP contribution in [0.15, 0.2) is 24.3 Å². The van der Waals surface area contributed by atoms with Gasteiger partial charge in [0.05, 0.1) is 11.6 Å². The Morgan fingerprint density at radius 3 is 2.71 bits per heavy atom. The van der Waals surface area contributed by atoms with Crippen molar-refractivity contribution in [2.24, 2.45) is 5.73 Å². The predicted molar refractivity (Wildman–Crippen MR) is 86.4 cm³/mol. The maximum Gasteiger partial charge on any atom is 0.237 e. The number of benzene rings is 1. The second-order valence-electron chi connectivity index (χ2n) is 5.76. The van der Waals surface area contributed by atoms with Crippen LogP contribution in [-0.4, -0.2) is 24.1 Å². The molecule has 0 aliphatic heterocycles. The normalized spacial score (nSPS) is 15.2. The molecule has 2 unspecified atom stereocenters. The first-order chi connectivity index (χ1) is 9.91. The van der Waals surface area contributed by atoms with Crippen molar-refractivity contribution in [3.8, 4) is 5.75 Å². The number of hydrogen-bond acceptors (Lipinski definition) is 3. The van der Waals surface area contributed by atoms with Crippen LogP contribution < -0.4 is 15.8 Å².